The van der Waals surface area contributed by atoms with Gasteiger partial charge in [-0.25, -0.2) is 0 Å². The number of halogens is 2. The number of nitrogens with one attached hydrogen (secondary N) is 2. The van der Waals surface area contributed by atoms with Crippen molar-refractivity contribution in [1.29, 1.82) is 0 Å². The van der Waals surface area contributed by atoms with E-state index in [1.807, 2.05) is 35.1 Å². The second-order valence-corrected chi connectivity index (χ2v) is 6.34. The molecular weight excluding hydrogens is 396 g/mol. The van der Waals surface area contributed by atoms with Crippen LogP contribution in [0.5, 0.6) is 0 Å². The summed E-state index contributed by atoms with van der Waals surface area (Å²) in [6.45, 7) is 2.74. The van der Waals surface area contributed by atoms with Crippen molar-refractivity contribution in [3.8, 4) is 0 Å². The zero-order valence-electron chi connectivity index (χ0n) is 13.1. The molecule has 6 nitrogen and oxygen atoms in total. The molecule has 1 unspecified atom stereocenters. The van der Waals surface area contributed by atoms with Crippen molar-refractivity contribution in [2.45, 2.75) is 19.1 Å². The number of amides is 1. The number of carbonyl (C=O) groups excluding carboxylic acids is 1. The number of aryl methyl sites for hydroxylation is 2. The number of hydrogen-bond donors (Lipinski definition) is 2. The molecule has 1 aromatic heterocycles. The van der Waals surface area contributed by atoms with Gasteiger partial charge in [-0.05, 0) is 40.0 Å². The molecule has 3 rings (SSSR count). The van der Waals surface area contributed by atoms with Crippen LogP contribution in [0.15, 0.2) is 41.1 Å². The third-order valence-electron chi connectivity index (χ3n) is 3.67. The lowest BCUT2D eigenvalue weighted by molar-refractivity contribution is -0.128. The van der Waals surface area contributed by atoms with Gasteiger partial charge < -0.3 is 15.4 Å². The van der Waals surface area contributed by atoms with E-state index in [4.69, 9.17) is 4.74 Å². The first-order valence-electron chi connectivity index (χ1n) is 7.61. The lowest BCUT2D eigenvalue weighted by Crippen LogP contribution is -2.45. The van der Waals surface area contributed by atoms with Crippen LogP contribution in [0, 0.1) is 0 Å². The fraction of sp³-hybridized carbons (Fsp3) is 0.375. The first kappa shape index (κ1) is 18.9. The summed E-state index contributed by atoms with van der Waals surface area (Å²) in [7, 11) is 0. The molecule has 1 aromatic carbocycles. The van der Waals surface area contributed by atoms with Crippen molar-refractivity contribution in [2.24, 2.45) is 0 Å². The maximum Gasteiger partial charge on any atom is 0.254 e. The topological polar surface area (TPSA) is 68.2 Å². The van der Waals surface area contributed by atoms with E-state index in [9.17, 15) is 4.79 Å². The van der Waals surface area contributed by atoms with Gasteiger partial charge in [0.2, 0.25) is 0 Å². The van der Waals surface area contributed by atoms with Gasteiger partial charge >= 0.3 is 0 Å². The molecule has 1 atom stereocenters. The Hall–Kier alpha value is -1.41. The highest BCUT2D eigenvalue weighted by molar-refractivity contribution is 9.10. The number of rotatable bonds is 5. The monoisotopic (exact) mass is 414 g/mol. The molecule has 1 aliphatic rings. The second-order valence-electron chi connectivity index (χ2n) is 5.42. The number of anilines is 1. The fourth-order valence-corrected chi connectivity index (χ4v) is 2.74. The highest BCUT2D eigenvalue weighted by Gasteiger charge is 2.21. The van der Waals surface area contributed by atoms with E-state index in [0.717, 1.165) is 29.7 Å². The Morgan fingerprint density at radius 3 is 2.83 bits per heavy atom. The minimum absolute atomic E-state index is 0. The van der Waals surface area contributed by atoms with E-state index >= 15 is 0 Å². The first-order valence-corrected chi connectivity index (χ1v) is 8.40. The zero-order chi connectivity index (χ0) is 16.1. The minimum Gasteiger partial charge on any atom is -0.366 e. The maximum atomic E-state index is 12.1. The molecule has 2 heterocycles. The predicted octanol–water partition coefficient (Wildman–Crippen LogP) is 2.24. The molecule has 0 bridgehead atoms. The van der Waals surface area contributed by atoms with Gasteiger partial charge in [0, 0.05) is 31.5 Å². The highest BCUT2D eigenvalue weighted by Crippen LogP contribution is 2.13. The Bertz CT molecular complexity index is 656. The zero-order valence-corrected chi connectivity index (χ0v) is 15.5. The summed E-state index contributed by atoms with van der Waals surface area (Å²) >= 11 is 3.39. The van der Waals surface area contributed by atoms with Crippen molar-refractivity contribution in [3.63, 3.8) is 0 Å². The summed E-state index contributed by atoms with van der Waals surface area (Å²) in [6.07, 6.45) is 4.20. The van der Waals surface area contributed by atoms with E-state index in [1.165, 1.54) is 5.56 Å². The van der Waals surface area contributed by atoms with Crippen LogP contribution < -0.4 is 10.6 Å². The molecule has 1 fully saturated rings. The minimum atomic E-state index is -0.415. The molecule has 0 spiro atoms. The quantitative estimate of drug-likeness (QED) is 0.786. The number of aromatic nitrogens is 2. The maximum absolute atomic E-state index is 12.1. The summed E-state index contributed by atoms with van der Waals surface area (Å²) in [4.78, 5) is 12.1. The second kappa shape index (κ2) is 9.17. The number of benzene rings is 1. The van der Waals surface area contributed by atoms with Crippen LogP contribution >= 0.6 is 28.3 Å². The fourth-order valence-electron chi connectivity index (χ4n) is 2.42. The smallest absolute Gasteiger partial charge is 0.254 e. The normalized spacial score (nSPS) is 17.1. The van der Waals surface area contributed by atoms with Crippen molar-refractivity contribution < 1.29 is 9.53 Å². The Morgan fingerprint density at radius 1 is 1.42 bits per heavy atom. The Morgan fingerprint density at radius 2 is 2.21 bits per heavy atom. The number of hydrogen-bond acceptors (Lipinski definition) is 4. The summed E-state index contributed by atoms with van der Waals surface area (Å²) in [5, 5.41) is 10.3. The van der Waals surface area contributed by atoms with Gasteiger partial charge in [-0.15, -0.1) is 12.4 Å². The molecule has 2 aromatic rings. The number of nitrogens with zero attached hydrogens (tertiary/aromatic N) is 2. The molecule has 1 amide bonds. The molecule has 1 aliphatic heterocycles. The highest BCUT2D eigenvalue weighted by atomic mass is 79.9. The Balaban J connectivity index is 0.00000208. The molecule has 8 heteroatoms. The average molecular weight is 416 g/mol. The van der Waals surface area contributed by atoms with Crippen LogP contribution in [0.25, 0.3) is 0 Å². The van der Waals surface area contributed by atoms with E-state index < -0.39 is 6.10 Å². The standard InChI is InChI=1S/C16H19BrN4O2.ClH/c17-13-9-19-21(11-13)7-5-12-1-3-14(4-2-12)20-16(22)15-10-18-6-8-23-15;/h1-4,9,11,15,18H,5-8,10H2,(H,20,22);1H. The van der Waals surface area contributed by atoms with Gasteiger partial charge in [0.15, 0.2) is 0 Å². The predicted molar refractivity (Wildman–Crippen MR) is 98.6 cm³/mol. The van der Waals surface area contributed by atoms with Crippen LogP contribution in [0.2, 0.25) is 0 Å². The van der Waals surface area contributed by atoms with Crippen LogP contribution in [-0.4, -0.2) is 41.5 Å². The first-order chi connectivity index (χ1) is 11.2. The molecule has 24 heavy (non-hydrogen) atoms. The van der Waals surface area contributed by atoms with E-state index in [2.05, 4.69) is 31.7 Å². The van der Waals surface area contributed by atoms with Gasteiger partial charge in [0.05, 0.1) is 17.3 Å². The van der Waals surface area contributed by atoms with Crippen LogP contribution in [0.1, 0.15) is 5.56 Å². The molecule has 0 aliphatic carbocycles. The summed E-state index contributed by atoms with van der Waals surface area (Å²) < 4.78 is 8.31. The lowest BCUT2D eigenvalue weighted by atomic mass is 10.1. The number of ether oxygens (including phenoxy) is 1. The lowest BCUT2D eigenvalue weighted by Gasteiger charge is -2.22. The molecule has 1 saturated heterocycles. The molecular formula is C16H20BrClN4O2. The van der Waals surface area contributed by atoms with Gasteiger partial charge in [-0.1, -0.05) is 12.1 Å². The van der Waals surface area contributed by atoms with Crippen molar-refractivity contribution in [1.82, 2.24) is 15.1 Å². The molecule has 130 valence electrons. The van der Waals surface area contributed by atoms with Crippen LogP contribution in [0.4, 0.5) is 5.69 Å². The van der Waals surface area contributed by atoms with Crippen molar-refractivity contribution in [3.05, 3.63) is 46.7 Å². The Kier molecular flexibility index (Phi) is 7.23. The SMILES string of the molecule is Cl.O=C(Nc1ccc(CCn2cc(Br)cn2)cc1)C1CNCCO1. The van der Waals surface area contributed by atoms with Crippen molar-refractivity contribution >= 4 is 39.9 Å². The molecule has 0 saturated carbocycles. The number of morpholine rings is 1. The molecule has 0 radical (unpaired) electrons. The van der Waals surface area contributed by atoms with Crippen LogP contribution in [-0.2, 0) is 22.5 Å². The van der Waals surface area contributed by atoms with Crippen LogP contribution in [0.3, 0.4) is 0 Å². The van der Waals surface area contributed by atoms with Gasteiger partial charge in [-0.3, -0.25) is 9.48 Å². The average Bonchev–Trinajstić information content (AvgIpc) is 3.00. The van der Waals surface area contributed by atoms with E-state index in [-0.39, 0.29) is 18.3 Å². The van der Waals surface area contributed by atoms with Gasteiger partial charge in [0.1, 0.15) is 6.10 Å². The van der Waals surface area contributed by atoms with Gasteiger partial charge in [0.25, 0.3) is 5.91 Å². The largest absolute Gasteiger partial charge is 0.366 e. The third-order valence-corrected chi connectivity index (χ3v) is 4.08. The summed E-state index contributed by atoms with van der Waals surface area (Å²) in [5.41, 5.74) is 1.99. The summed E-state index contributed by atoms with van der Waals surface area (Å²) in [5.74, 6) is -0.105. The van der Waals surface area contributed by atoms with E-state index in [1.54, 1.807) is 6.20 Å². The van der Waals surface area contributed by atoms with Gasteiger partial charge in [-0.2, -0.15) is 5.10 Å². The molecule has 2 N–H and O–H groups in total. The van der Waals surface area contributed by atoms with E-state index in [0.29, 0.717) is 13.2 Å². The Labute approximate surface area is 155 Å². The van der Waals surface area contributed by atoms with Crippen molar-refractivity contribution in [2.75, 3.05) is 25.0 Å². The summed E-state index contributed by atoms with van der Waals surface area (Å²) in [6, 6.07) is 7.88. The number of carbonyl (C=O) groups is 1. The third kappa shape index (κ3) is 5.31.